The van der Waals surface area contributed by atoms with Crippen LogP contribution < -0.4 is 10.5 Å². The minimum atomic E-state index is -0.989. The molecule has 31 heavy (non-hydrogen) atoms. The summed E-state index contributed by atoms with van der Waals surface area (Å²) in [5, 5.41) is 19.3. The van der Waals surface area contributed by atoms with Crippen LogP contribution in [-0.2, 0) is 13.0 Å². The van der Waals surface area contributed by atoms with Crippen molar-refractivity contribution >= 4 is 35.8 Å². The number of aryl methyl sites for hydroxylation is 1. The summed E-state index contributed by atoms with van der Waals surface area (Å²) in [6, 6.07) is 23.9. The molecule has 0 saturated heterocycles. The predicted octanol–water partition coefficient (Wildman–Crippen LogP) is 5.11. The number of rotatable bonds is 10. The van der Waals surface area contributed by atoms with Crippen molar-refractivity contribution in [3.05, 3.63) is 88.9 Å². The fraction of sp³-hybridized carbons (Fsp3) is 0.250. The molecular weight excluding hydrogens is 453 g/mol. The minimum absolute atomic E-state index is 0. The standard InChI is InChI=1S/C24H26ClNO3S.ClH/c25-23-14-22(10-9-19(23)11-12-24(26,16-27)17-28)30-21-8-4-7-20(13-21)29-15-18-5-2-1-3-6-18;/h1-10,13-14,27-28H,11-12,15-17,26H2;1H. The van der Waals surface area contributed by atoms with Gasteiger partial charge in [-0.25, -0.2) is 0 Å². The number of aliphatic hydroxyl groups excluding tert-OH is 2. The molecule has 3 rings (SSSR count). The first kappa shape index (κ1) is 25.5. The molecule has 0 aromatic heterocycles. The van der Waals surface area contributed by atoms with Gasteiger partial charge in [0.15, 0.2) is 0 Å². The summed E-state index contributed by atoms with van der Waals surface area (Å²) in [7, 11) is 0. The molecule has 0 bridgehead atoms. The van der Waals surface area contributed by atoms with Crippen LogP contribution in [0.3, 0.4) is 0 Å². The molecule has 0 aliphatic carbocycles. The van der Waals surface area contributed by atoms with Gasteiger partial charge in [0.05, 0.1) is 18.8 Å². The summed E-state index contributed by atoms with van der Waals surface area (Å²) < 4.78 is 5.91. The first-order chi connectivity index (χ1) is 14.5. The highest BCUT2D eigenvalue weighted by molar-refractivity contribution is 7.99. The van der Waals surface area contributed by atoms with E-state index in [-0.39, 0.29) is 25.6 Å². The molecule has 0 amide bonds. The van der Waals surface area contributed by atoms with Gasteiger partial charge in [-0.2, -0.15) is 0 Å². The smallest absolute Gasteiger partial charge is 0.120 e. The molecule has 0 aliphatic rings. The Hall–Kier alpha value is -1.73. The molecule has 0 heterocycles. The van der Waals surface area contributed by atoms with Gasteiger partial charge in [0.25, 0.3) is 0 Å². The van der Waals surface area contributed by atoms with Crippen molar-refractivity contribution in [3.8, 4) is 5.75 Å². The van der Waals surface area contributed by atoms with Crippen molar-refractivity contribution < 1.29 is 14.9 Å². The van der Waals surface area contributed by atoms with Crippen molar-refractivity contribution in [2.24, 2.45) is 5.73 Å². The van der Waals surface area contributed by atoms with Gasteiger partial charge < -0.3 is 20.7 Å². The van der Waals surface area contributed by atoms with E-state index in [2.05, 4.69) is 0 Å². The Morgan fingerprint density at radius 2 is 1.61 bits per heavy atom. The first-order valence-corrected chi connectivity index (χ1v) is 10.9. The highest BCUT2D eigenvalue weighted by Crippen LogP contribution is 2.33. The molecule has 0 saturated carbocycles. The first-order valence-electron chi connectivity index (χ1n) is 9.75. The van der Waals surface area contributed by atoms with Crippen molar-refractivity contribution in [3.63, 3.8) is 0 Å². The zero-order valence-corrected chi connectivity index (χ0v) is 19.4. The van der Waals surface area contributed by atoms with E-state index in [1.807, 2.05) is 72.8 Å². The van der Waals surface area contributed by atoms with Gasteiger partial charge in [-0.3, -0.25) is 0 Å². The number of halogens is 2. The van der Waals surface area contributed by atoms with E-state index in [0.29, 0.717) is 24.5 Å². The maximum absolute atomic E-state index is 9.33. The lowest BCUT2D eigenvalue weighted by atomic mass is 9.94. The average Bonchev–Trinajstić information content (AvgIpc) is 2.78. The van der Waals surface area contributed by atoms with E-state index in [0.717, 1.165) is 26.7 Å². The Balaban J connectivity index is 0.00000341. The van der Waals surface area contributed by atoms with E-state index < -0.39 is 5.54 Å². The van der Waals surface area contributed by atoms with Crippen LogP contribution in [0.5, 0.6) is 5.75 Å². The average molecular weight is 480 g/mol. The Labute approximate surface area is 198 Å². The van der Waals surface area contributed by atoms with Crippen LogP contribution >= 0.6 is 35.8 Å². The van der Waals surface area contributed by atoms with Crippen molar-refractivity contribution in [2.45, 2.75) is 34.8 Å². The molecule has 0 unspecified atom stereocenters. The third kappa shape index (κ3) is 7.72. The normalized spacial score (nSPS) is 11.1. The molecule has 0 fully saturated rings. The molecule has 3 aromatic rings. The summed E-state index contributed by atoms with van der Waals surface area (Å²) in [4.78, 5) is 2.08. The third-order valence-corrected chi connectivity index (χ3v) is 6.17. The SMILES string of the molecule is Cl.NC(CO)(CO)CCc1ccc(Sc2cccc(OCc3ccccc3)c2)cc1Cl. The number of hydrogen-bond acceptors (Lipinski definition) is 5. The zero-order chi connectivity index (χ0) is 21.4. The fourth-order valence-corrected chi connectivity index (χ4v) is 4.14. The largest absolute Gasteiger partial charge is 0.489 e. The lowest BCUT2D eigenvalue weighted by molar-refractivity contribution is 0.115. The van der Waals surface area contributed by atoms with Crippen LogP contribution in [-0.4, -0.2) is 29.0 Å². The number of ether oxygens (including phenoxy) is 1. The Bertz CT molecular complexity index is 953. The quantitative estimate of drug-likeness (QED) is 0.376. The van der Waals surface area contributed by atoms with E-state index in [9.17, 15) is 10.2 Å². The van der Waals surface area contributed by atoms with Crippen LogP contribution in [0.25, 0.3) is 0 Å². The van der Waals surface area contributed by atoms with Gasteiger partial charge in [0.1, 0.15) is 12.4 Å². The molecule has 0 spiro atoms. The van der Waals surface area contributed by atoms with Gasteiger partial charge >= 0.3 is 0 Å². The monoisotopic (exact) mass is 479 g/mol. The second kappa shape index (κ2) is 12.3. The van der Waals surface area contributed by atoms with Gasteiger partial charge in [0.2, 0.25) is 0 Å². The van der Waals surface area contributed by atoms with Crippen LogP contribution in [0.15, 0.2) is 82.6 Å². The topological polar surface area (TPSA) is 75.7 Å². The maximum Gasteiger partial charge on any atom is 0.120 e. The lowest BCUT2D eigenvalue weighted by Crippen LogP contribution is -2.47. The maximum atomic E-state index is 9.33. The zero-order valence-electron chi connectivity index (χ0n) is 17.0. The molecule has 0 atom stereocenters. The van der Waals surface area contributed by atoms with E-state index in [1.54, 1.807) is 11.8 Å². The van der Waals surface area contributed by atoms with Gasteiger partial charge in [-0.05, 0) is 54.3 Å². The molecule has 4 N–H and O–H groups in total. The Morgan fingerprint density at radius 3 is 2.29 bits per heavy atom. The number of nitrogens with two attached hydrogens (primary N) is 1. The van der Waals surface area contributed by atoms with Crippen molar-refractivity contribution in [1.82, 2.24) is 0 Å². The van der Waals surface area contributed by atoms with E-state index in [1.165, 1.54) is 0 Å². The molecule has 166 valence electrons. The third-order valence-electron chi connectivity index (χ3n) is 4.84. The highest BCUT2D eigenvalue weighted by atomic mass is 35.5. The van der Waals surface area contributed by atoms with Gasteiger partial charge in [0, 0.05) is 14.8 Å². The molecular formula is C24H27Cl2NO3S. The Morgan fingerprint density at radius 1 is 0.903 bits per heavy atom. The second-order valence-electron chi connectivity index (χ2n) is 7.28. The summed E-state index contributed by atoms with van der Waals surface area (Å²) in [5.74, 6) is 0.818. The van der Waals surface area contributed by atoms with Gasteiger partial charge in [-0.15, -0.1) is 12.4 Å². The molecule has 0 radical (unpaired) electrons. The molecule has 7 heteroatoms. The predicted molar refractivity (Wildman–Crippen MR) is 129 cm³/mol. The Kier molecular flexibility index (Phi) is 10.2. The number of benzene rings is 3. The summed E-state index contributed by atoms with van der Waals surface area (Å²) in [6.07, 6.45) is 1.04. The van der Waals surface area contributed by atoms with Crippen LogP contribution in [0.4, 0.5) is 0 Å². The molecule has 4 nitrogen and oxygen atoms in total. The number of aliphatic hydroxyl groups is 2. The van der Waals surface area contributed by atoms with E-state index >= 15 is 0 Å². The fourth-order valence-electron chi connectivity index (χ4n) is 2.89. The summed E-state index contributed by atoms with van der Waals surface area (Å²) >= 11 is 8.07. The van der Waals surface area contributed by atoms with Gasteiger partial charge in [-0.1, -0.05) is 65.8 Å². The summed E-state index contributed by atoms with van der Waals surface area (Å²) in [5.41, 5.74) is 7.02. The highest BCUT2D eigenvalue weighted by Gasteiger charge is 2.23. The lowest BCUT2D eigenvalue weighted by Gasteiger charge is -2.24. The molecule has 3 aromatic carbocycles. The number of hydrogen-bond donors (Lipinski definition) is 3. The van der Waals surface area contributed by atoms with Crippen molar-refractivity contribution in [2.75, 3.05) is 13.2 Å². The molecule has 0 aliphatic heterocycles. The summed E-state index contributed by atoms with van der Waals surface area (Å²) in [6.45, 7) is -0.00469. The van der Waals surface area contributed by atoms with Crippen LogP contribution in [0, 0.1) is 0 Å². The minimum Gasteiger partial charge on any atom is -0.489 e. The van der Waals surface area contributed by atoms with Crippen LogP contribution in [0.1, 0.15) is 17.5 Å². The van der Waals surface area contributed by atoms with Crippen molar-refractivity contribution in [1.29, 1.82) is 0 Å². The van der Waals surface area contributed by atoms with E-state index in [4.69, 9.17) is 22.1 Å². The second-order valence-corrected chi connectivity index (χ2v) is 8.84. The van der Waals surface area contributed by atoms with Crippen LogP contribution in [0.2, 0.25) is 5.02 Å².